The lowest BCUT2D eigenvalue weighted by Gasteiger charge is -2.20. The van der Waals surface area contributed by atoms with E-state index in [-0.39, 0.29) is 17.5 Å². The third-order valence-electron chi connectivity index (χ3n) is 4.13. The van der Waals surface area contributed by atoms with Crippen LogP contribution in [0.15, 0.2) is 65.7 Å². The molecule has 0 radical (unpaired) electrons. The molecule has 3 nitrogen and oxygen atoms in total. The molecule has 0 aromatic heterocycles. The van der Waals surface area contributed by atoms with Crippen LogP contribution in [0.3, 0.4) is 0 Å². The van der Waals surface area contributed by atoms with Crippen LogP contribution in [0.25, 0.3) is 10.8 Å². The van der Waals surface area contributed by atoms with E-state index in [2.05, 4.69) is 4.99 Å². The second-order valence-electron chi connectivity index (χ2n) is 5.67. The largest absolute Gasteiger partial charge is 0.369 e. The summed E-state index contributed by atoms with van der Waals surface area (Å²) >= 11 is 0. The first-order chi connectivity index (χ1) is 11.6. The van der Waals surface area contributed by atoms with Gasteiger partial charge in [-0.15, -0.1) is 0 Å². The summed E-state index contributed by atoms with van der Waals surface area (Å²) in [5.41, 5.74) is 8.36. The van der Waals surface area contributed by atoms with Crippen LogP contribution >= 0.6 is 0 Å². The van der Waals surface area contributed by atoms with Gasteiger partial charge in [-0.05, 0) is 35.6 Å². The Kier molecular flexibility index (Phi) is 4.47. The smallest absolute Gasteiger partial charge is 0.200 e. The third-order valence-corrected chi connectivity index (χ3v) is 4.13. The lowest BCUT2D eigenvalue weighted by molar-refractivity contribution is 0.629. The fraction of sp³-hybridized carbons (Fsp3) is 0.150. The zero-order valence-corrected chi connectivity index (χ0v) is 13.8. The number of fused-ring (bicyclic) bond motifs is 1. The minimum absolute atomic E-state index is 0.249. The van der Waals surface area contributed by atoms with Crippen molar-refractivity contribution in [1.29, 1.82) is 0 Å². The molecule has 3 aromatic carbocycles. The van der Waals surface area contributed by atoms with E-state index in [1.165, 1.54) is 6.07 Å². The van der Waals surface area contributed by atoms with Gasteiger partial charge in [0.2, 0.25) is 5.96 Å². The molecule has 3 rings (SSSR count). The molecule has 24 heavy (non-hydrogen) atoms. The van der Waals surface area contributed by atoms with E-state index in [0.29, 0.717) is 0 Å². The van der Waals surface area contributed by atoms with E-state index in [9.17, 15) is 4.39 Å². The van der Waals surface area contributed by atoms with Gasteiger partial charge in [0.15, 0.2) is 0 Å². The van der Waals surface area contributed by atoms with Crippen molar-refractivity contribution < 1.29 is 4.39 Å². The molecule has 0 aliphatic rings. The Morgan fingerprint density at radius 2 is 1.83 bits per heavy atom. The number of halogens is 1. The van der Waals surface area contributed by atoms with Gasteiger partial charge in [-0.25, -0.2) is 9.38 Å². The van der Waals surface area contributed by atoms with Gasteiger partial charge in [0.05, 0.1) is 5.69 Å². The average molecular weight is 321 g/mol. The fourth-order valence-electron chi connectivity index (χ4n) is 2.69. The highest BCUT2D eigenvalue weighted by atomic mass is 19.1. The number of aryl methyl sites for hydroxylation is 1. The second kappa shape index (κ2) is 6.71. The van der Waals surface area contributed by atoms with Gasteiger partial charge < -0.3 is 10.6 Å². The number of hydrogen-bond donors (Lipinski definition) is 1. The van der Waals surface area contributed by atoms with Gasteiger partial charge in [-0.3, -0.25) is 0 Å². The topological polar surface area (TPSA) is 41.6 Å². The van der Waals surface area contributed by atoms with Crippen LogP contribution in [-0.4, -0.2) is 13.0 Å². The van der Waals surface area contributed by atoms with Crippen molar-refractivity contribution in [2.45, 2.75) is 13.3 Å². The molecule has 2 N–H and O–H groups in total. The zero-order valence-electron chi connectivity index (χ0n) is 13.8. The van der Waals surface area contributed by atoms with E-state index < -0.39 is 0 Å². The van der Waals surface area contributed by atoms with Crippen LogP contribution in [-0.2, 0) is 6.42 Å². The molecule has 3 aromatic rings. The van der Waals surface area contributed by atoms with E-state index in [0.717, 1.165) is 28.4 Å². The number of rotatable bonds is 3. The minimum Gasteiger partial charge on any atom is -0.369 e. The monoisotopic (exact) mass is 321 g/mol. The highest BCUT2D eigenvalue weighted by Crippen LogP contribution is 2.26. The Labute approximate surface area is 141 Å². The van der Waals surface area contributed by atoms with Gasteiger partial charge in [0.1, 0.15) is 11.5 Å². The molecule has 0 unspecified atom stereocenters. The molecule has 4 heteroatoms. The Morgan fingerprint density at radius 3 is 2.62 bits per heavy atom. The molecule has 0 atom stereocenters. The number of nitrogens with two attached hydrogens (primary N) is 1. The summed E-state index contributed by atoms with van der Waals surface area (Å²) in [6.07, 6.45) is 0.821. The zero-order chi connectivity index (χ0) is 17.1. The number of aliphatic imine (C=N–C) groups is 1. The molecule has 0 fully saturated rings. The normalized spacial score (nSPS) is 11.7. The van der Waals surface area contributed by atoms with Crippen molar-refractivity contribution in [3.05, 3.63) is 72.0 Å². The number of nitrogens with zero attached hydrogens (tertiary/aromatic N) is 2. The van der Waals surface area contributed by atoms with E-state index in [1.807, 2.05) is 56.4 Å². The van der Waals surface area contributed by atoms with E-state index >= 15 is 0 Å². The van der Waals surface area contributed by atoms with Crippen molar-refractivity contribution in [3.8, 4) is 0 Å². The van der Waals surface area contributed by atoms with Crippen LogP contribution in [0.5, 0.6) is 0 Å². The van der Waals surface area contributed by atoms with Gasteiger partial charge >= 0.3 is 0 Å². The second-order valence-corrected chi connectivity index (χ2v) is 5.67. The summed E-state index contributed by atoms with van der Waals surface area (Å²) in [4.78, 5) is 6.07. The van der Waals surface area contributed by atoms with Crippen LogP contribution in [0.2, 0.25) is 0 Å². The standard InChI is InChI=1S/C20H20FN3/c1-3-14-11-12-17(21)18(13-14)23-20(22)24(2)19-10-6-8-15-7-4-5-9-16(15)19/h4-13H,3H2,1-2H3,(H2,22,23). The molecular formula is C20H20FN3. The first kappa shape index (κ1) is 16.0. The highest BCUT2D eigenvalue weighted by molar-refractivity contribution is 6.04. The van der Waals surface area contributed by atoms with Crippen molar-refractivity contribution in [3.63, 3.8) is 0 Å². The molecule has 0 aliphatic carbocycles. The van der Waals surface area contributed by atoms with Crippen LogP contribution in [0.1, 0.15) is 12.5 Å². The Bertz CT molecular complexity index is 897. The molecule has 0 saturated carbocycles. The van der Waals surface area contributed by atoms with E-state index in [4.69, 9.17) is 5.73 Å². The first-order valence-corrected chi connectivity index (χ1v) is 7.94. The molecule has 0 saturated heterocycles. The van der Waals surface area contributed by atoms with Crippen molar-refractivity contribution in [2.24, 2.45) is 10.7 Å². The van der Waals surface area contributed by atoms with Crippen molar-refractivity contribution >= 4 is 28.1 Å². The molecule has 0 bridgehead atoms. The van der Waals surface area contributed by atoms with Gasteiger partial charge in [0.25, 0.3) is 0 Å². The molecule has 0 spiro atoms. The quantitative estimate of drug-likeness (QED) is 0.565. The number of guanidine groups is 1. The molecule has 122 valence electrons. The predicted molar refractivity (Wildman–Crippen MR) is 99.4 cm³/mol. The van der Waals surface area contributed by atoms with Crippen LogP contribution in [0.4, 0.5) is 15.8 Å². The maximum Gasteiger partial charge on any atom is 0.200 e. The van der Waals surface area contributed by atoms with Gasteiger partial charge in [0, 0.05) is 12.4 Å². The van der Waals surface area contributed by atoms with Gasteiger partial charge in [-0.1, -0.05) is 49.4 Å². The highest BCUT2D eigenvalue weighted by Gasteiger charge is 2.10. The van der Waals surface area contributed by atoms with Crippen LogP contribution in [0, 0.1) is 5.82 Å². The SMILES string of the molecule is CCc1ccc(F)c(N=C(N)N(C)c2cccc3ccccc23)c1. The third kappa shape index (κ3) is 3.08. The summed E-state index contributed by atoms with van der Waals surface area (Å²) in [5, 5.41) is 2.19. The maximum absolute atomic E-state index is 14.0. The minimum atomic E-state index is -0.374. The lowest BCUT2D eigenvalue weighted by Crippen LogP contribution is -2.33. The molecule has 0 heterocycles. The Morgan fingerprint density at radius 1 is 1.08 bits per heavy atom. The number of anilines is 1. The summed E-state index contributed by atoms with van der Waals surface area (Å²) in [6, 6.07) is 19.0. The summed E-state index contributed by atoms with van der Waals surface area (Å²) in [7, 11) is 1.84. The van der Waals surface area contributed by atoms with Gasteiger partial charge in [-0.2, -0.15) is 0 Å². The number of benzene rings is 3. The van der Waals surface area contributed by atoms with Crippen LogP contribution < -0.4 is 10.6 Å². The first-order valence-electron chi connectivity index (χ1n) is 7.94. The van der Waals surface area contributed by atoms with Crippen molar-refractivity contribution in [2.75, 3.05) is 11.9 Å². The number of hydrogen-bond acceptors (Lipinski definition) is 1. The predicted octanol–water partition coefficient (Wildman–Crippen LogP) is 4.62. The summed E-state index contributed by atoms with van der Waals surface area (Å²) < 4.78 is 14.0. The average Bonchev–Trinajstić information content (AvgIpc) is 2.62. The molecule has 0 aliphatic heterocycles. The molecular weight excluding hydrogens is 301 g/mol. The Hall–Kier alpha value is -2.88. The lowest BCUT2D eigenvalue weighted by atomic mass is 10.1. The summed E-state index contributed by atoms with van der Waals surface area (Å²) in [6.45, 7) is 2.02. The fourth-order valence-corrected chi connectivity index (χ4v) is 2.69. The maximum atomic E-state index is 14.0. The molecule has 0 amide bonds. The summed E-state index contributed by atoms with van der Waals surface area (Å²) in [5.74, 6) is -0.125. The Balaban J connectivity index is 2.01. The van der Waals surface area contributed by atoms with E-state index in [1.54, 1.807) is 17.0 Å². The van der Waals surface area contributed by atoms with Crippen molar-refractivity contribution in [1.82, 2.24) is 0 Å².